The Hall–Kier alpha value is -1.73. The molecular weight excluding hydrogens is 308 g/mol. The molecular formula is C17H24N4O3. The van der Waals surface area contributed by atoms with Gasteiger partial charge in [0.25, 0.3) is 5.71 Å². The van der Waals surface area contributed by atoms with Crippen molar-refractivity contribution in [2.75, 3.05) is 18.0 Å². The fourth-order valence-corrected chi connectivity index (χ4v) is 4.11. The number of aromatic nitrogens is 3. The maximum absolute atomic E-state index is 10.2. The van der Waals surface area contributed by atoms with Gasteiger partial charge in [-0.25, -0.2) is 4.98 Å². The lowest BCUT2D eigenvalue weighted by atomic mass is 9.81. The summed E-state index contributed by atoms with van der Waals surface area (Å²) in [5.41, 5.74) is 1.16. The molecule has 7 heteroatoms. The maximum Gasteiger partial charge on any atom is 0.263 e. The van der Waals surface area contributed by atoms with Gasteiger partial charge in [-0.2, -0.15) is 4.98 Å². The Balaban J connectivity index is 1.54. The van der Waals surface area contributed by atoms with Crippen LogP contribution >= 0.6 is 0 Å². The number of aliphatic hydroxyl groups excluding tert-OH is 1. The largest absolute Gasteiger partial charge is 0.393 e. The van der Waals surface area contributed by atoms with E-state index >= 15 is 0 Å². The molecule has 2 fully saturated rings. The number of piperidine rings is 1. The van der Waals surface area contributed by atoms with Gasteiger partial charge in [0.2, 0.25) is 0 Å². The van der Waals surface area contributed by atoms with Crippen LogP contribution in [0.5, 0.6) is 0 Å². The van der Waals surface area contributed by atoms with Crippen molar-refractivity contribution in [1.82, 2.24) is 15.1 Å². The fourth-order valence-electron chi connectivity index (χ4n) is 4.11. The Kier molecular flexibility index (Phi) is 3.92. The van der Waals surface area contributed by atoms with Crippen LogP contribution in [-0.2, 0) is 4.74 Å². The molecule has 0 aliphatic carbocycles. The van der Waals surface area contributed by atoms with Crippen molar-refractivity contribution >= 4 is 16.9 Å². The quantitative estimate of drug-likeness (QED) is 0.902. The molecule has 1 N–H and O–H groups in total. The van der Waals surface area contributed by atoms with Gasteiger partial charge in [0.1, 0.15) is 17.5 Å². The van der Waals surface area contributed by atoms with Crippen molar-refractivity contribution in [2.45, 2.75) is 63.8 Å². The number of fused-ring (bicyclic) bond motifs is 1. The summed E-state index contributed by atoms with van der Waals surface area (Å²) in [4.78, 5) is 10.9. The van der Waals surface area contributed by atoms with E-state index in [-0.39, 0.29) is 17.8 Å². The van der Waals surface area contributed by atoms with Gasteiger partial charge in [0, 0.05) is 19.5 Å². The summed E-state index contributed by atoms with van der Waals surface area (Å²) in [6, 6.07) is 0. The van der Waals surface area contributed by atoms with E-state index in [0.717, 1.165) is 62.1 Å². The van der Waals surface area contributed by atoms with Crippen LogP contribution in [0.1, 0.15) is 44.7 Å². The molecule has 0 amide bonds. The number of hydrogen-bond acceptors (Lipinski definition) is 7. The van der Waals surface area contributed by atoms with E-state index in [0.29, 0.717) is 5.71 Å². The van der Waals surface area contributed by atoms with E-state index < -0.39 is 0 Å². The summed E-state index contributed by atoms with van der Waals surface area (Å²) in [5.74, 6) is 0.886. The van der Waals surface area contributed by atoms with E-state index in [9.17, 15) is 5.11 Å². The molecule has 0 saturated carbocycles. The lowest BCUT2D eigenvalue weighted by molar-refractivity contribution is -0.171. The second-order valence-corrected chi connectivity index (χ2v) is 7.06. The molecule has 2 aromatic heterocycles. The Morgan fingerprint density at radius 2 is 2.12 bits per heavy atom. The van der Waals surface area contributed by atoms with E-state index in [1.807, 2.05) is 6.92 Å². The number of anilines is 1. The standard InChI is InChI=1S/C17H24N4O3/c1-3-13-8-12(22)9-17(23-13)4-6-21(7-5-17)15-14-11(2)20-24-16(14)19-10-18-15/h10,12-13,22H,3-9H2,1-2H3/t12-,13+/m1/s1. The fraction of sp³-hybridized carbons (Fsp3) is 0.706. The molecule has 4 rings (SSSR count). The molecule has 7 nitrogen and oxygen atoms in total. The molecule has 0 unspecified atom stereocenters. The first-order chi connectivity index (χ1) is 11.6. The normalized spacial score (nSPS) is 27.0. The van der Waals surface area contributed by atoms with Crippen LogP contribution in [-0.4, -0.2) is 51.1 Å². The number of aliphatic hydroxyl groups is 1. The number of aryl methyl sites for hydroxylation is 1. The molecule has 24 heavy (non-hydrogen) atoms. The number of rotatable bonds is 2. The van der Waals surface area contributed by atoms with Crippen molar-refractivity contribution in [3.63, 3.8) is 0 Å². The Morgan fingerprint density at radius 1 is 1.33 bits per heavy atom. The zero-order valence-electron chi connectivity index (χ0n) is 14.2. The van der Waals surface area contributed by atoms with Crippen molar-refractivity contribution in [1.29, 1.82) is 0 Å². The van der Waals surface area contributed by atoms with E-state index in [1.165, 1.54) is 6.33 Å². The van der Waals surface area contributed by atoms with Crippen molar-refractivity contribution in [3.8, 4) is 0 Å². The van der Waals surface area contributed by atoms with Crippen molar-refractivity contribution in [2.24, 2.45) is 0 Å². The Labute approximate surface area is 141 Å². The Bertz CT molecular complexity index is 724. The molecule has 2 aliphatic rings. The SMILES string of the molecule is CC[C@H]1C[C@@H](O)CC2(CCN(c3ncnc4onc(C)c34)CC2)O1. The van der Waals surface area contributed by atoms with Crippen LogP contribution < -0.4 is 4.90 Å². The monoisotopic (exact) mass is 332 g/mol. The molecule has 1 spiro atoms. The average molecular weight is 332 g/mol. The minimum absolute atomic E-state index is 0.173. The highest BCUT2D eigenvalue weighted by Gasteiger charge is 2.43. The molecule has 4 heterocycles. The predicted molar refractivity (Wildman–Crippen MR) is 88.9 cm³/mol. The van der Waals surface area contributed by atoms with Crippen LogP contribution in [0.15, 0.2) is 10.9 Å². The molecule has 0 aromatic carbocycles. The van der Waals surface area contributed by atoms with E-state index in [4.69, 9.17) is 9.26 Å². The van der Waals surface area contributed by atoms with Gasteiger partial charge < -0.3 is 19.3 Å². The number of hydrogen-bond donors (Lipinski definition) is 1. The van der Waals surface area contributed by atoms with Crippen LogP contribution in [0.3, 0.4) is 0 Å². The molecule has 2 aliphatic heterocycles. The smallest absolute Gasteiger partial charge is 0.263 e. The van der Waals surface area contributed by atoms with Gasteiger partial charge in [0.05, 0.1) is 23.5 Å². The molecule has 130 valence electrons. The summed E-state index contributed by atoms with van der Waals surface area (Å²) < 4.78 is 11.6. The second kappa shape index (κ2) is 5.97. The number of nitrogens with zero attached hydrogens (tertiary/aromatic N) is 4. The second-order valence-electron chi connectivity index (χ2n) is 7.06. The first-order valence-electron chi connectivity index (χ1n) is 8.78. The lowest BCUT2D eigenvalue weighted by Crippen LogP contribution is -2.53. The molecule has 2 atom stereocenters. The maximum atomic E-state index is 10.2. The zero-order chi connectivity index (χ0) is 16.7. The van der Waals surface area contributed by atoms with E-state index in [2.05, 4.69) is 26.9 Å². The van der Waals surface area contributed by atoms with E-state index in [1.54, 1.807) is 0 Å². The van der Waals surface area contributed by atoms with Gasteiger partial charge in [-0.1, -0.05) is 12.1 Å². The highest BCUT2D eigenvalue weighted by molar-refractivity contribution is 5.87. The Morgan fingerprint density at radius 3 is 2.88 bits per heavy atom. The minimum Gasteiger partial charge on any atom is -0.393 e. The zero-order valence-corrected chi connectivity index (χ0v) is 14.2. The molecule has 0 radical (unpaired) electrons. The van der Waals surface area contributed by atoms with Crippen LogP contribution in [0.4, 0.5) is 5.82 Å². The van der Waals surface area contributed by atoms with Gasteiger partial charge in [-0.05, 0) is 32.6 Å². The first-order valence-corrected chi connectivity index (χ1v) is 8.78. The van der Waals surface area contributed by atoms with Gasteiger partial charge in [-0.3, -0.25) is 0 Å². The van der Waals surface area contributed by atoms with Crippen molar-refractivity contribution in [3.05, 3.63) is 12.0 Å². The van der Waals surface area contributed by atoms with Gasteiger partial charge >= 0.3 is 0 Å². The summed E-state index contributed by atoms with van der Waals surface area (Å²) in [7, 11) is 0. The third-order valence-corrected chi connectivity index (χ3v) is 5.41. The third kappa shape index (κ3) is 2.65. The molecule has 2 saturated heterocycles. The highest BCUT2D eigenvalue weighted by atomic mass is 16.5. The summed E-state index contributed by atoms with van der Waals surface area (Å²) in [5, 5.41) is 15.1. The summed E-state index contributed by atoms with van der Waals surface area (Å²) in [6.45, 7) is 5.73. The third-order valence-electron chi connectivity index (χ3n) is 5.41. The topological polar surface area (TPSA) is 84.5 Å². The average Bonchev–Trinajstić information content (AvgIpc) is 2.96. The highest BCUT2D eigenvalue weighted by Crippen LogP contribution is 2.40. The molecule has 0 bridgehead atoms. The van der Waals surface area contributed by atoms with Crippen molar-refractivity contribution < 1.29 is 14.4 Å². The summed E-state index contributed by atoms with van der Waals surface area (Å²) in [6.07, 6.45) is 5.70. The number of ether oxygens (including phenoxy) is 1. The predicted octanol–water partition coefficient (Wildman–Crippen LogP) is 2.22. The van der Waals surface area contributed by atoms with Crippen LogP contribution in [0.2, 0.25) is 0 Å². The lowest BCUT2D eigenvalue weighted by Gasteiger charge is -2.48. The molecule has 2 aromatic rings. The minimum atomic E-state index is -0.249. The summed E-state index contributed by atoms with van der Waals surface area (Å²) >= 11 is 0. The van der Waals surface area contributed by atoms with Gasteiger partial charge in [0.15, 0.2) is 0 Å². The van der Waals surface area contributed by atoms with Crippen LogP contribution in [0.25, 0.3) is 11.1 Å². The van der Waals surface area contributed by atoms with Crippen LogP contribution in [0, 0.1) is 6.92 Å². The first kappa shape index (κ1) is 15.8. The van der Waals surface area contributed by atoms with Gasteiger partial charge in [-0.15, -0.1) is 0 Å².